The number of ketones is 1. The molecule has 0 aliphatic heterocycles. The van der Waals surface area contributed by atoms with Crippen molar-refractivity contribution in [2.45, 2.75) is 19.8 Å². The van der Waals surface area contributed by atoms with E-state index in [1.54, 1.807) is 0 Å². The summed E-state index contributed by atoms with van der Waals surface area (Å²) in [5.41, 5.74) is 0.556. The molecule has 1 aromatic carbocycles. The minimum Gasteiger partial charge on any atom is -0.310 e. The molecule has 15 heavy (non-hydrogen) atoms. The van der Waals surface area contributed by atoms with E-state index in [-0.39, 0.29) is 11.6 Å². The maximum atomic E-state index is 12.6. The van der Waals surface area contributed by atoms with Crippen LogP contribution in [0.3, 0.4) is 0 Å². The third-order valence-electron chi connectivity index (χ3n) is 2.16. The second-order valence-electron chi connectivity index (χ2n) is 3.46. The summed E-state index contributed by atoms with van der Waals surface area (Å²) in [6.45, 7) is 3.28. The van der Waals surface area contributed by atoms with E-state index in [4.69, 9.17) is 0 Å². The lowest BCUT2D eigenvalue weighted by Crippen LogP contribution is -2.23. The van der Waals surface area contributed by atoms with Crippen molar-refractivity contribution in [2.24, 2.45) is 0 Å². The van der Waals surface area contributed by atoms with Gasteiger partial charge in [0.15, 0.2) is 5.78 Å². The van der Waals surface area contributed by atoms with Gasteiger partial charge in [-0.3, -0.25) is 4.79 Å². The number of hydrogen-bond acceptors (Lipinski definition) is 2. The standard InChI is InChI=1S/C12H16FNO/c1-2-3-8-14-9-12(15)10-4-6-11(13)7-5-10/h4-7,14H,2-3,8-9H2,1H3. The number of hydrogen-bond donors (Lipinski definition) is 1. The summed E-state index contributed by atoms with van der Waals surface area (Å²) in [5.74, 6) is -0.309. The van der Waals surface area contributed by atoms with Gasteiger partial charge in [-0.25, -0.2) is 4.39 Å². The molecule has 1 aromatic rings. The highest BCUT2D eigenvalue weighted by molar-refractivity contribution is 5.97. The molecular formula is C12H16FNO. The molecular weight excluding hydrogens is 193 g/mol. The van der Waals surface area contributed by atoms with Crippen molar-refractivity contribution < 1.29 is 9.18 Å². The summed E-state index contributed by atoms with van der Waals surface area (Å²) < 4.78 is 12.6. The van der Waals surface area contributed by atoms with E-state index >= 15 is 0 Å². The summed E-state index contributed by atoms with van der Waals surface area (Å²) in [6.07, 6.45) is 2.18. The molecule has 0 amide bonds. The fourth-order valence-electron chi connectivity index (χ4n) is 1.24. The molecule has 0 bridgehead atoms. The van der Waals surface area contributed by atoms with Gasteiger partial charge in [-0.1, -0.05) is 13.3 Å². The largest absolute Gasteiger partial charge is 0.310 e. The smallest absolute Gasteiger partial charge is 0.176 e. The fourth-order valence-corrected chi connectivity index (χ4v) is 1.24. The third kappa shape index (κ3) is 4.21. The van der Waals surface area contributed by atoms with E-state index in [0.29, 0.717) is 12.1 Å². The van der Waals surface area contributed by atoms with Crippen LogP contribution in [0.25, 0.3) is 0 Å². The molecule has 1 rings (SSSR count). The van der Waals surface area contributed by atoms with E-state index < -0.39 is 0 Å². The van der Waals surface area contributed by atoms with Gasteiger partial charge in [-0.2, -0.15) is 0 Å². The first kappa shape index (κ1) is 11.9. The highest BCUT2D eigenvalue weighted by atomic mass is 19.1. The predicted molar refractivity (Wildman–Crippen MR) is 58.5 cm³/mol. The summed E-state index contributed by atoms with van der Waals surface area (Å²) in [5, 5.41) is 3.06. The Morgan fingerprint density at radius 2 is 2.00 bits per heavy atom. The van der Waals surface area contributed by atoms with Crippen molar-refractivity contribution in [3.63, 3.8) is 0 Å². The van der Waals surface area contributed by atoms with Gasteiger partial charge >= 0.3 is 0 Å². The first-order valence-corrected chi connectivity index (χ1v) is 5.23. The zero-order chi connectivity index (χ0) is 11.1. The number of unbranched alkanes of at least 4 members (excludes halogenated alkanes) is 1. The van der Waals surface area contributed by atoms with Crippen molar-refractivity contribution >= 4 is 5.78 Å². The number of benzene rings is 1. The molecule has 0 aliphatic rings. The normalized spacial score (nSPS) is 10.3. The van der Waals surface area contributed by atoms with Gasteiger partial charge in [0, 0.05) is 5.56 Å². The quantitative estimate of drug-likeness (QED) is 0.575. The Bertz CT molecular complexity index is 308. The van der Waals surface area contributed by atoms with Crippen LogP contribution in [0.2, 0.25) is 0 Å². The van der Waals surface area contributed by atoms with Crippen LogP contribution in [0.1, 0.15) is 30.1 Å². The van der Waals surface area contributed by atoms with Crippen LogP contribution in [-0.4, -0.2) is 18.9 Å². The van der Waals surface area contributed by atoms with Crippen molar-refractivity contribution in [1.29, 1.82) is 0 Å². The van der Waals surface area contributed by atoms with Crippen molar-refractivity contribution in [2.75, 3.05) is 13.1 Å². The molecule has 0 fully saturated rings. The SMILES string of the molecule is CCCCNCC(=O)c1ccc(F)cc1. The molecule has 0 heterocycles. The minimum atomic E-state index is -0.314. The van der Waals surface area contributed by atoms with Gasteiger partial charge in [0.1, 0.15) is 5.82 Å². The lowest BCUT2D eigenvalue weighted by Gasteiger charge is -2.03. The molecule has 0 saturated carbocycles. The van der Waals surface area contributed by atoms with Crippen LogP contribution in [0.15, 0.2) is 24.3 Å². The Kier molecular flexibility index (Phi) is 4.98. The third-order valence-corrected chi connectivity index (χ3v) is 2.16. The van der Waals surface area contributed by atoms with Gasteiger partial charge in [0.05, 0.1) is 6.54 Å². The lowest BCUT2D eigenvalue weighted by atomic mass is 10.1. The van der Waals surface area contributed by atoms with E-state index in [0.717, 1.165) is 19.4 Å². The zero-order valence-corrected chi connectivity index (χ0v) is 8.92. The van der Waals surface area contributed by atoms with Gasteiger partial charge in [-0.05, 0) is 37.2 Å². The second kappa shape index (κ2) is 6.30. The van der Waals surface area contributed by atoms with Gasteiger partial charge in [0.2, 0.25) is 0 Å². The first-order valence-electron chi connectivity index (χ1n) is 5.23. The summed E-state index contributed by atoms with van der Waals surface area (Å²) in [4.78, 5) is 11.5. The number of carbonyl (C=O) groups excluding carboxylic acids is 1. The van der Waals surface area contributed by atoms with Crippen LogP contribution in [0.4, 0.5) is 4.39 Å². The van der Waals surface area contributed by atoms with E-state index in [1.165, 1.54) is 24.3 Å². The molecule has 1 N–H and O–H groups in total. The molecule has 82 valence electrons. The van der Waals surface area contributed by atoms with E-state index in [9.17, 15) is 9.18 Å². The second-order valence-corrected chi connectivity index (χ2v) is 3.46. The molecule has 0 spiro atoms. The Labute approximate surface area is 89.5 Å². The molecule has 0 atom stereocenters. The van der Waals surface area contributed by atoms with Crippen LogP contribution < -0.4 is 5.32 Å². The molecule has 3 heteroatoms. The van der Waals surface area contributed by atoms with Crippen LogP contribution >= 0.6 is 0 Å². The maximum Gasteiger partial charge on any atom is 0.176 e. The van der Waals surface area contributed by atoms with E-state index in [2.05, 4.69) is 12.2 Å². The first-order chi connectivity index (χ1) is 7.24. The highest BCUT2D eigenvalue weighted by Gasteiger charge is 2.04. The topological polar surface area (TPSA) is 29.1 Å². The number of carbonyl (C=O) groups is 1. The van der Waals surface area contributed by atoms with Gasteiger partial charge < -0.3 is 5.32 Å². The molecule has 0 aromatic heterocycles. The van der Waals surface area contributed by atoms with Crippen molar-refractivity contribution in [3.05, 3.63) is 35.6 Å². The highest BCUT2D eigenvalue weighted by Crippen LogP contribution is 2.02. The van der Waals surface area contributed by atoms with Gasteiger partial charge in [-0.15, -0.1) is 0 Å². The Hall–Kier alpha value is -1.22. The summed E-state index contributed by atoms with van der Waals surface area (Å²) in [6, 6.07) is 5.64. The number of Topliss-reactive ketones (excluding diaryl/α,β-unsaturated/α-hetero) is 1. The average molecular weight is 209 g/mol. The summed E-state index contributed by atoms with van der Waals surface area (Å²) >= 11 is 0. The molecule has 0 unspecified atom stereocenters. The van der Waals surface area contributed by atoms with E-state index in [1.807, 2.05) is 0 Å². The molecule has 2 nitrogen and oxygen atoms in total. The van der Waals surface area contributed by atoms with Crippen LogP contribution in [0, 0.1) is 5.82 Å². The maximum absolute atomic E-state index is 12.6. The molecule has 0 radical (unpaired) electrons. The Balaban J connectivity index is 2.37. The van der Waals surface area contributed by atoms with Crippen LogP contribution in [-0.2, 0) is 0 Å². The fraction of sp³-hybridized carbons (Fsp3) is 0.417. The minimum absolute atomic E-state index is 0.00565. The van der Waals surface area contributed by atoms with Crippen molar-refractivity contribution in [1.82, 2.24) is 5.32 Å². The lowest BCUT2D eigenvalue weighted by molar-refractivity contribution is 0.0991. The average Bonchev–Trinajstić information content (AvgIpc) is 2.25. The van der Waals surface area contributed by atoms with Crippen molar-refractivity contribution in [3.8, 4) is 0 Å². The number of halogens is 1. The van der Waals surface area contributed by atoms with Gasteiger partial charge in [0.25, 0.3) is 0 Å². The summed E-state index contributed by atoms with van der Waals surface area (Å²) in [7, 11) is 0. The Morgan fingerprint density at radius 3 is 2.60 bits per heavy atom. The monoisotopic (exact) mass is 209 g/mol. The number of nitrogens with one attached hydrogen (secondary N) is 1. The van der Waals surface area contributed by atoms with Crippen LogP contribution in [0.5, 0.6) is 0 Å². The molecule has 0 aliphatic carbocycles. The predicted octanol–water partition coefficient (Wildman–Crippen LogP) is 2.40. The molecule has 0 saturated heterocycles. The Morgan fingerprint density at radius 1 is 1.33 bits per heavy atom. The zero-order valence-electron chi connectivity index (χ0n) is 8.92. The number of rotatable bonds is 6.